The molecule has 96 valence electrons. The Morgan fingerprint density at radius 2 is 2.00 bits per heavy atom. The summed E-state index contributed by atoms with van der Waals surface area (Å²) in [4.78, 5) is 0. The van der Waals surface area contributed by atoms with Crippen LogP contribution in [-0.4, -0.2) is 24.8 Å². The van der Waals surface area contributed by atoms with Gasteiger partial charge < -0.3 is 0 Å². The van der Waals surface area contributed by atoms with Gasteiger partial charge in [0.1, 0.15) is 0 Å². The fraction of sp³-hybridized carbons (Fsp3) is 0.154. The minimum atomic E-state index is 0.722. The molecule has 5 nitrogen and oxygen atoms in total. The Kier molecular flexibility index (Phi) is 3.41. The van der Waals surface area contributed by atoms with Crippen LogP contribution in [0.25, 0.3) is 5.69 Å². The number of alkyl halides is 1. The van der Waals surface area contributed by atoms with Crippen LogP contribution in [-0.2, 0) is 11.9 Å². The highest BCUT2D eigenvalue weighted by atomic mass is 79.9. The lowest BCUT2D eigenvalue weighted by Crippen LogP contribution is -2.01. The topological polar surface area (TPSA) is 48.5 Å². The number of rotatable bonds is 4. The standard InChI is InChI=1S/C13H12BrN5/c14-8-12-10-18(17-16-12)9-11-2-4-13(5-3-11)19-7-1-6-15-19/h1-7,10H,8-9H2. The Morgan fingerprint density at radius 3 is 2.63 bits per heavy atom. The first-order valence-corrected chi connectivity index (χ1v) is 7.01. The molecule has 0 amide bonds. The molecule has 0 bridgehead atoms. The van der Waals surface area contributed by atoms with E-state index in [1.165, 1.54) is 5.56 Å². The lowest BCUT2D eigenvalue weighted by molar-refractivity contribution is 0.649. The molecule has 19 heavy (non-hydrogen) atoms. The van der Waals surface area contributed by atoms with Gasteiger partial charge >= 0.3 is 0 Å². The van der Waals surface area contributed by atoms with E-state index in [9.17, 15) is 0 Å². The van der Waals surface area contributed by atoms with Crippen LogP contribution in [0.5, 0.6) is 0 Å². The monoisotopic (exact) mass is 317 g/mol. The van der Waals surface area contributed by atoms with Gasteiger partial charge in [0.05, 0.1) is 17.9 Å². The van der Waals surface area contributed by atoms with Crippen molar-refractivity contribution in [1.82, 2.24) is 24.8 Å². The van der Waals surface area contributed by atoms with Crippen LogP contribution < -0.4 is 0 Å². The summed E-state index contributed by atoms with van der Waals surface area (Å²) in [6.07, 6.45) is 5.63. The number of hydrogen-bond donors (Lipinski definition) is 0. The van der Waals surface area contributed by atoms with Gasteiger partial charge in [-0.2, -0.15) is 5.10 Å². The summed E-state index contributed by atoms with van der Waals surface area (Å²) < 4.78 is 3.67. The summed E-state index contributed by atoms with van der Waals surface area (Å²) in [5.74, 6) is 0. The molecular formula is C13H12BrN5. The second kappa shape index (κ2) is 5.36. The van der Waals surface area contributed by atoms with Crippen molar-refractivity contribution in [3.05, 3.63) is 60.2 Å². The van der Waals surface area contributed by atoms with Crippen molar-refractivity contribution in [2.45, 2.75) is 11.9 Å². The second-order valence-electron chi connectivity index (χ2n) is 4.16. The van der Waals surface area contributed by atoms with Crippen LogP contribution in [0.1, 0.15) is 11.3 Å². The Balaban J connectivity index is 1.75. The van der Waals surface area contributed by atoms with E-state index in [4.69, 9.17) is 0 Å². The number of nitrogens with zero attached hydrogens (tertiary/aromatic N) is 5. The van der Waals surface area contributed by atoms with Crippen molar-refractivity contribution in [3.8, 4) is 5.69 Å². The maximum atomic E-state index is 4.20. The molecule has 6 heteroatoms. The summed E-state index contributed by atoms with van der Waals surface area (Å²) in [5, 5.41) is 13.0. The zero-order valence-corrected chi connectivity index (χ0v) is 11.7. The molecule has 0 saturated heterocycles. The Morgan fingerprint density at radius 1 is 1.16 bits per heavy atom. The van der Waals surface area contributed by atoms with Crippen LogP contribution in [0.3, 0.4) is 0 Å². The van der Waals surface area contributed by atoms with Crippen molar-refractivity contribution >= 4 is 15.9 Å². The van der Waals surface area contributed by atoms with Crippen LogP contribution in [0.15, 0.2) is 48.9 Å². The Bertz CT molecular complexity index is 642. The van der Waals surface area contributed by atoms with Crippen molar-refractivity contribution in [1.29, 1.82) is 0 Å². The Hall–Kier alpha value is -1.95. The van der Waals surface area contributed by atoms with E-state index in [1.807, 2.05) is 40.0 Å². The van der Waals surface area contributed by atoms with Crippen molar-refractivity contribution < 1.29 is 0 Å². The number of halogens is 1. The number of benzene rings is 1. The molecule has 0 aliphatic rings. The zero-order chi connectivity index (χ0) is 13.1. The third kappa shape index (κ3) is 2.73. The molecule has 0 atom stereocenters. The van der Waals surface area contributed by atoms with Gasteiger partial charge in [-0.05, 0) is 23.8 Å². The molecule has 3 aromatic rings. The van der Waals surface area contributed by atoms with E-state index in [0.29, 0.717) is 0 Å². The van der Waals surface area contributed by atoms with Crippen LogP contribution >= 0.6 is 15.9 Å². The highest BCUT2D eigenvalue weighted by molar-refractivity contribution is 9.08. The van der Waals surface area contributed by atoms with E-state index in [1.54, 1.807) is 6.20 Å². The molecule has 1 aromatic carbocycles. The first kappa shape index (κ1) is 12.1. The summed E-state index contributed by atoms with van der Waals surface area (Å²) >= 11 is 3.36. The molecule has 0 aliphatic heterocycles. The average molecular weight is 318 g/mol. The molecule has 0 unspecified atom stereocenters. The summed E-state index contributed by atoms with van der Waals surface area (Å²) in [6, 6.07) is 10.2. The lowest BCUT2D eigenvalue weighted by Gasteiger charge is -2.04. The number of hydrogen-bond acceptors (Lipinski definition) is 3. The van der Waals surface area contributed by atoms with Gasteiger partial charge in [-0.25, -0.2) is 9.36 Å². The quantitative estimate of drug-likeness (QED) is 0.694. The normalized spacial score (nSPS) is 10.8. The molecule has 0 spiro atoms. The average Bonchev–Trinajstić information content (AvgIpc) is 3.10. The third-order valence-corrected chi connectivity index (χ3v) is 3.35. The molecule has 3 rings (SSSR count). The summed E-state index contributed by atoms with van der Waals surface area (Å²) in [6.45, 7) is 0.722. The van der Waals surface area contributed by atoms with E-state index < -0.39 is 0 Å². The maximum Gasteiger partial charge on any atom is 0.0932 e. The molecule has 0 saturated carbocycles. The first-order valence-electron chi connectivity index (χ1n) is 5.89. The van der Waals surface area contributed by atoms with Crippen molar-refractivity contribution in [2.75, 3.05) is 0 Å². The highest BCUT2D eigenvalue weighted by Gasteiger charge is 2.01. The number of aromatic nitrogens is 5. The van der Waals surface area contributed by atoms with Gasteiger partial charge in [-0.3, -0.25) is 0 Å². The first-order chi connectivity index (χ1) is 9.35. The van der Waals surface area contributed by atoms with Gasteiger partial charge in [0.25, 0.3) is 0 Å². The predicted octanol–water partition coefficient (Wildman–Crippen LogP) is 2.41. The minimum Gasteiger partial charge on any atom is -0.248 e. The van der Waals surface area contributed by atoms with E-state index >= 15 is 0 Å². The van der Waals surface area contributed by atoms with E-state index in [2.05, 4.69) is 43.5 Å². The van der Waals surface area contributed by atoms with Gasteiger partial charge in [-0.15, -0.1) is 5.10 Å². The summed E-state index contributed by atoms with van der Waals surface area (Å²) in [5.41, 5.74) is 3.17. The van der Waals surface area contributed by atoms with E-state index in [-0.39, 0.29) is 0 Å². The minimum absolute atomic E-state index is 0.722. The largest absolute Gasteiger partial charge is 0.248 e. The lowest BCUT2D eigenvalue weighted by atomic mass is 10.2. The second-order valence-corrected chi connectivity index (χ2v) is 4.72. The van der Waals surface area contributed by atoms with Crippen LogP contribution in [0.4, 0.5) is 0 Å². The van der Waals surface area contributed by atoms with Gasteiger partial charge in [0.2, 0.25) is 0 Å². The van der Waals surface area contributed by atoms with E-state index in [0.717, 1.165) is 23.3 Å². The fourth-order valence-electron chi connectivity index (χ4n) is 1.84. The molecule has 0 aliphatic carbocycles. The molecule has 0 N–H and O–H groups in total. The molecule has 0 fully saturated rings. The molecule has 0 radical (unpaired) electrons. The maximum absolute atomic E-state index is 4.20. The van der Waals surface area contributed by atoms with Crippen molar-refractivity contribution in [3.63, 3.8) is 0 Å². The molecule has 2 heterocycles. The van der Waals surface area contributed by atoms with Crippen LogP contribution in [0.2, 0.25) is 0 Å². The van der Waals surface area contributed by atoms with Gasteiger partial charge in [-0.1, -0.05) is 33.3 Å². The third-order valence-electron chi connectivity index (χ3n) is 2.77. The fourth-order valence-corrected chi connectivity index (χ4v) is 2.10. The van der Waals surface area contributed by atoms with Gasteiger partial charge in [0, 0.05) is 23.9 Å². The van der Waals surface area contributed by atoms with Gasteiger partial charge in [0.15, 0.2) is 0 Å². The Labute approximate surface area is 119 Å². The summed E-state index contributed by atoms with van der Waals surface area (Å²) in [7, 11) is 0. The van der Waals surface area contributed by atoms with Crippen LogP contribution in [0, 0.1) is 0 Å². The highest BCUT2D eigenvalue weighted by Crippen LogP contribution is 2.10. The van der Waals surface area contributed by atoms with Crippen molar-refractivity contribution in [2.24, 2.45) is 0 Å². The smallest absolute Gasteiger partial charge is 0.0932 e. The SMILES string of the molecule is BrCc1cn(Cc2ccc(-n3cccn3)cc2)nn1. The predicted molar refractivity (Wildman–Crippen MR) is 75.3 cm³/mol. The molecular weight excluding hydrogens is 306 g/mol. The zero-order valence-electron chi connectivity index (χ0n) is 10.1. The molecule has 2 aromatic heterocycles.